The van der Waals surface area contributed by atoms with E-state index < -0.39 is 22.0 Å². The standard InChI is InChI=1S/C22H23N3O5S/c1-16(23-21(26)20-7-4-14-30-20)22(27)24-10-12-25(13-11-24)31(28,29)19-9-8-17-5-2-3-6-18(17)15-19/h2-9,14-16H,10-13H2,1H3,(H,23,26)/t16-/m0/s1. The van der Waals surface area contributed by atoms with Crippen LogP contribution >= 0.6 is 0 Å². The van der Waals surface area contributed by atoms with E-state index in [2.05, 4.69) is 5.32 Å². The van der Waals surface area contributed by atoms with Gasteiger partial charge in [0.05, 0.1) is 11.2 Å². The molecule has 8 nitrogen and oxygen atoms in total. The zero-order chi connectivity index (χ0) is 22.0. The first kappa shape index (κ1) is 21.1. The monoisotopic (exact) mass is 441 g/mol. The van der Waals surface area contributed by atoms with Gasteiger partial charge in [-0.25, -0.2) is 8.42 Å². The molecule has 4 rings (SSSR count). The first-order valence-electron chi connectivity index (χ1n) is 9.98. The van der Waals surface area contributed by atoms with E-state index in [0.717, 1.165) is 10.8 Å². The second kappa shape index (κ2) is 8.52. The number of carbonyl (C=O) groups excluding carboxylic acids is 2. The van der Waals surface area contributed by atoms with Crippen molar-refractivity contribution in [2.24, 2.45) is 0 Å². The van der Waals surface area contributed by atoms with Crippen LogP contribution in [0.2, 0.25) is 0 Å². The van der Waals surface area contributed by atoms with E-state index in [1.54, 1.807) is 36.1 Å². The number of hydrogen-bond donors (Lipinski definition) is 1. The van der Waals surface area contributed by atoms with Crippen molar-refractivity contribution in [3.63, 3.8) is 0 Å². The molecule has 3 aromatic rings. The molecule has 2 aromatic carbocycles. The molecular formula is C22H23N3O5S. The highest BCUT2D eigenvalue weighted by atomic mass is 32.2. The SMILES string of the molecule is C[C@H](NC(=O)c1ccco1)C(=O)N1CCN(S(=O)(=O)c2ccc3ccccc3c2)CC1. The van der Waals surface area contributed by atoms with Crippen LogP contribution in [-0.4, -0.2) is 61.7 Å². The van der Waals surface area contributed by atoms with Crippen molar-refractivity contribution in [3.05, 3.63) is 66.6 Å². The summed E-state index contributed by atoms with van der Waals surface area (Å²) >= 11 is 0. The van der Waals surface area contributed by atoms with Crippen molar-refractivity contribution < 1.29 is 22.4 Å². The first-order valence-corrected chi connectivity index (χ1v) is 11.4. The lowest BCUT2D eigenvalue weighted by atomic mass is 10.1. The van der Waals surface area contributed by atoms with Crippen molar-refractivity contribution >= 4 is 32.6 Å². The van der Waals surface area contributed by atoms with Gasteiger partial charge in [-0.2, -0.15) is 4.31 Å². The van der Waals surface area contributed by atoms with Crippen LogP contribution in [0.3, 0.4) is 0 Å². The molecule has 1 aromatic heterocycles. The lowest BCUT2D eigenvalue weighted by molar-refractivity contribution is -0.134. The summed E-state index contributed by atoms with van der Waals surface area (Å²) in [5, 5.41) is 4.44. The van der Waals surface area contributed by atoms with Crippen LogP contribution < -0.4 is 5.32 Å². The number of amides is 2. The van der Waals surface area contributed by atoms with Crippen LogP contribution in [0.5, 0.6) is 0 Å². The minimum Gasteiger partial charge on any atom is -0.459 e. The molecule has 2 heterocycles. The van der Waals surface area contributed by atoms with Crippen molar-refractivity contribution in [1.82, 2.24) is 14.5 Å². The normalized spacial score (nSPS) is 16.2. The fourth-order valence-electron chi connectivity index (χ4n) is 3.64. The zero-order valence-electron chi connectivity index (χ0n) is 17.0. The first-order chi connectivity index (χ1) is 14.9. The smallest absolute Gasteiger partial charge is 0.287 e. The molecule has 1 aliphatic rings. The molecule has 0 saturated carbocycles. The van der Waals surface area contributed by atoms with Crippen molar-refractivity contribution in [3.8, 4) is 0 Å². The molecular weight excluding hydrogens is 418 g/mol. The summed E-state index contributed by atoms with van der Waals surface area (Å²) in [5.74, 6) is -0.600. The molecule has 0 unspecified atom stereocenters. The van der Waals surface area contributed by atoms with Crippen molar-refractivity contribution in [2.75, 3.05) is 26.2 Å². The van der Waals surface area contributed by atoms with E-state index in [1.165, 1.54) is 16.6 Å². The van der Waals surface area contributed by atoms with Gasteiger partial charge >= 0.3 is 0 Å². The van der Waals surface area contributed by atoms with E-state index in [1.807, 2.05) is 24.3 Å². The predicted molar refractivity (Wildman–Crippen MR) is 115 cm³/mol. The van der Waals surface area contributed by atoms with E-state index >= 15 is 0 Å². The highest BCUT2D eigenvalue weighted by molar-refractivity contribution is 7.89. The summed E-state index contributed by atoms with van der Waals surface area (Å²) in [6.45, 7) is 2.50. The summed E-state index contributed by atoms with van der Waals surface area (Å²) in [6.07, 6.45) is 1.39. The third-order valence-electron chi connectivity index (χ3n) is 5.37. The average Bonchev–Trinajstić information content (AvgIpc) is 3.33. The molecule has 2 amide bonds. The number of carbonyl (C=O) groups is 2. The van der Waals surface area contributed by atoms with Crippen molar-refractivity contribution in [1.29, 1.82) is 0 Å². The number of benzene rings is 2. The second-order valence-electron chi connectivity index (χ2n) is 7.41. The third-order valence-corrected chi connectivity index (χ3v) is 7.27. The lowest BCUT2D eigenvalue weighted by Crippen LogP contribution is -2.55. The number of hydrogen-bond acceptors (Lipinski definition) is 5. The zero-order valence-corrected chi connectivity index (χ0v) is 17.8. The van der Waals surface area contributed by atoms with Gasteiger partial charge in [-0.3, -0.25) is 9.59 Å². The molecule has 0 spiro atoms. The molecule has 0 bridgehead atoms. The lowest BCUT2D eigenvalue weighted by Gasteiger charge is -2.35. The predicted octanol–water partition coefficient (Wildman–Crippen LogP) is 2.08. The minimum atomic E-state index is -3.66. The molecule has 0 radical (unpaired) electrons. The quantitative estimate of drug-likeness (QED) is 0.654. The molecule has 0 aliphatic carbocycles. The minimum absolute atomic E-state index is 0.131. The highest BCUT2D eigenvalue weighted by Gasteiger charge is 2.32. The summed E-state index contributed by atoms with van der Waals surface area (Å²) in [4.78, 5) is 26.6. The van der Waals surface area contributed by atoms with Gasteiger partial charge in [-0.1, -0.05) is 30.3 Å². The Morgan fingerprint density at radius 2 is 1.68 bits per heavy atom. The number of piperazine rings is 1. The maximum absolute atomic E-state index is 13.1. The van der Waals surface area contributed by atoms with Gasteiger partial charge in [-0.15, -0.1) is 0 Å². The van der Waals surface area contributed by atoms with Gasteiger partial charge in [0.2, 0.25) is 15.9 Å². The summed E-state index contributed by atoms with van der Waals surface area (Å²) in [5.41, 5.74) is 0. The van der Waals surface area contributed by atoms with E-state index in [0.29, 0.717) is 0 Å². The van der Waals surface area contributed by atoms with E-state index in [4.69, 9.17) is 4.42 Å². The maximum Gasteiger partial charge on any atom is 0.287 e. The van der Waals surface area contributed by atoms with Gasteiger partial charge < -0.3 is 14.6 Å². The summed E-state index contributed by atoms with van der Waals surface area (Å²) < 4.78 is 32.6. The fraction of sp³-hybridized carbons (Fsp3) is 0.273. The van der Waals surface area contributed by atoms with Crippen molar-refractivity contribution in [2.45, 2.75) is 17.9 Å². The van der Waals surface area contributed by atoms with E-state index in [9.17, 15) is 18.0 Å². The Balaban J connectivity index is 1.39. The molecule has 31 heavy (non-hydrogen) atoms. The Hall–Kier alpha value is -3.17. The maximum atomic E-state index is 13.1. The molecule has 1 aliphatic heterocycles. The number of furan rings is 1. The number of fused-ring (bicyclic) bond motifs is 1. The molecule has 162 valence electrons. The summed E-state index contributed by atoms with van der Waals surface area (Å²) in [6, 6.07) is 15.0. The second-order valence-corrected chi connectivity index (χ2v) is 9.35. The van der Waals surface area contributed by atoms with Crippen LogP contribution in [-0.2, 0) is 14.8 Å². The average molecular weight is 442 g/mol. The van der Waals surface area contributed by atoms with Gasteiger partial charge in [0.25, 0.3) is 5.91 Å². The van der Waals surface area contributed by atoms with Crippen LogP contribution in [0.1, 0.15) is 17.5 Å². The third kappa shape index (κ3) is 4.33. The van der Waals surface area contributed by atoms with Gasteiger partial charge in [0, 0.05) is 26.2 Å². The fourth-order valence-corrected chi connectivity index (χ4v) is 5.09. The molecule has 1 saturated heterocycles. The summed E-state index contributed by atoms with van der Waals surface area (Å²) in [7, 11) is -3.66. The molecule has 1 N–H and O–H groups in total. The number of rotatable bonds is 5. The van der Waals surface area contributed by atoms with Gasteiger partial charge in [0.1, 0.15) is 6.04 Å². The molecule has 9 heteroatoms. The Bertz CT molecular complexity index is 1200. The Morgan fingerprint density at radius 3 is 2.35 bits per heavy atom. The largest absolute Gasteiger partial charge is 0.459 e. The van der Waals surface area contributed by atoms with Crippen LogP contribution in [0.4, 0.5) is 0 Å². The topological polar surface area (TPSA) is 99.9 Å². The van der Waals surface area contributed by atoms with Crippen LogP contribution in [0.15, 0.2) is 70.2 Å². The van der Waals surface area contributed by atoms with Crippen LogP contribution in [0.25, 0.3) is 10.8 Å². The Morgan fingerprint density at radius 1 is 0.968 bits per heavy atom. The molecule has 1 atom stereocenters. The van der Waals surface area contributed by atoms with Gasteiger partial charge in [0.15, 0.2) is 5.76 Å². The van der Waals surface area contributed by atoms with Crippen LogP contribution in [0, 0.1) is 0 Å². The number of nitrogens with one attached hydrogen (secondary N) is 1. The van der Waals surface area contributed by atoms with Gasteiger partial charge in [-0.05, 0) is 42.0 Å². The Labute approximate surface area is 180 Å². The Kier molecular flexibility index (Phi) is 5.79. The highest BCUT2D eigenvalue weighted by Crippen LogP contribution is 2.23. The number of nitrogens with zero attached hydrogens (tertiary/aromatic N) is 2. The molecule has 1 fully saturated rings. The number of sulfonamides is 1. The van der Waals surface area contributed by atoms with E-state index in [-0.39, 0.29) is 42.7 Å².